The largest absolute Gasteiger partial charge is 0.506 e. The molecule has 1 heterocycles. The Hall–Kier alpha value is -3.09. The standard InChI is InChI=1S/C13H8N2O5/c16-7-3-1-2-5-10(7)15-11-6(14-5)4-8(17)12(18)9(11)13(19)20/h1-4,16-18H,(H,19,20). The van der Waals surface area contributed by atoms with Crippen molar-refractivity contribution in [3.8, 4) is 17.2 Å². The third-order valence-electron chi connectivity index (χ3n) is 2.90. The van der Waals surface area contributed by atoms with Gasteiger partial charge in [-0.3, -0.25) is 0 Å². The minimum Gasteiger partial charge on any atom is -0.506 e. The van der Waals surface area contributed by atoms with Crippen LogP contribution in [-0.4, -0.2) is 36.4 Å². The molecule has 0 unspecified atom stereocenters. The first-order valence-corrected chi connectivity index (χ1v) is 5.56. The molecule has 0 saturated carbocycles. The second-order valence-electron chi connectivity index (χ2n) is 4.16. The molecule has 0 aliphatic carbocycles. The van der Waals surface area contributed by atoms with E-state index in [9.17, 15) is 20.1 Å². The quantitative estimate of drug-likeness (QED) is 0.391. The van der Waals surface area contributed by atoms with Crippen molar-refractivity contribution < 1.29 is 25.2 Å². The van der Waals surface area contributed by atoms with Crippen molar-refractivity contribution in [1.29, 1.82) is 0 Å². The molecule has 7 heteroatoms. The van der Waals surface area contributed by atoms with Crippen LogP contribution in [0.25, 0.3) is 22.1 Å². The Balaban J connectivity index is 2.56. The first-order chi connectivity index (χ1) is 9.49. The molecule has 4 N–H and O–H groups in total. The van der Waals surface area contributed by atoms with Gasteiger partial charge in [0.15, 0.2) is 11.5 Å². The Morgan fingerprint density at radius 1 is 0.950 bits per heavy atom. The maximum absolute atomic E-state index is 11.2. The summed E-state index contributed by atoms with van der Waals surface area (Å²) in [6.45, 7) is 0. The molecule has 1 aromatic heterocycles. The maximum Gasteiger partial charge on any atom is 0.341 e. The van der Waals surface area contributed by atoms with Crippen LogP contribution in [0.4, 0.5) is 0 Å². The number of hydrogen-bond donors (Lipinski definition) is 4. The average Bonchev–Trinajstić information content (AvgIpc) is 2.38. The molecule has 0 aliphatic rings. The maximum atomic E-state index is 11.2. The van der Waals surface area contributed by atoms with E-state index >= 15 is 0 Å². The summed E-state index contributed by atoms with van der Waals surface area (Å²) in [5.41, 5.74) is -0.0956. The lowest BCUT2D eigenvalue weighted by atomic mass is 10.1. The van der Waals surface area contributed by atoms with Crippen LogP contribution in [0.1, 0.15) is 10.4 Å². The highest BCUT2D eigenvalue weighted by Crippen LogP contribution is 2.35. The van der Waals surface area contributed by atoms with Gasteiger partial charge in [0.05, 0.1) is 11.0 Å². The van der Waals surface area contributed by atoms with E-state index in [1.54, 1.807) is 12.1 Å². The molecular formula is C13H8N2O5. The lowest BCUT2D eigenvalue weighted by molar-refractivity contribution is 0.0695. The van der Waals surface area contributed by atoms with Gasteiger partial charge in [-0.05, 0) is 12.1 Å². The summed E-state index contributed by atoms with van der Waals surface area (Å²) in [6, 6.07) is 5.67. The summed E-state index contributed by atoms with van der Waals surface area (Å²) >= 11 is 0. The molecule has 7 nitrogen and oxygen atoms in total. The number of para-hydroxylation sites is 1. The van der Waals surface area contributed by atoms with E-state index < -0.39 is 23.0 Å². The van der Waals surface area contributed by atoms with Crippen LogP contribution in [0, 0.1) is 0 Å². The zero-order chi connectivity index (χ0) is 14.4. The Bertz CT molecular complexity index is 876. The third-order valence-corrected chi connectivity index (χ3v) is 2.90. The van der Waals surface area contributed by atoms with Crippen LogP contribution in [0.15, 0.2) is 24.3 Å². The number of phenols is 3. The number of nitrogens with zero attached hydrogens (tertiary/aromatic N) is 2. The third kappa shape index (κ3) is 1.57. The van der Waals surface area contributed by atoms with E-state index in [2.05, 4.69) is 9.97 Å². The number of aromatic carboxylic acids is 1. The van der Waals surface area contributed by atoms with Gasteiger partial charge in [-0.2, -0.15) is 0 Å². The van der Waals surface area contributed by atoms with Gasteiger partial charge in [0.2, 0.25) is 0 Å². The summed E-state index contributed by atoms with van der Waals surface area (Å²) in [4.78, 5) is 19.4. The highest BCUT2D eigenvalue weighted by molar-refractivity contribution is 6.06. The number of aromatic nitrogens is 2. The molecule has 0 bridgehead atoms. The van der Waals surface area contributed by atoms with Crippen LogP contribution >= 0.6 is 0 Å². The molecule has 0 aliphatic heterocycles. The van der Waals surface area contributed by atoms with Crippen molar-refractivity contribution in [1.82, 2.24) is 9.97 Å². The van der Waals surface area contributed by atoms with Gasteiger partial charge in [-0.25, -0.2) is 14.8 Å². The number of phenolic OH excluding ortho intramolecular Hbond substituents is 2. The smallest absolute Gasteiger partial charge is 0.341 e. The van der Waals surface area contributed by atoms with Crippen molar-refractivity contribution in [3.63, 3.8) is 0 Å². The molecule has 20 heavy (non-hydrogen) atoms. The highest BCUT2D eigenvalue weighted by Gasteiger charge is 2.21. The van der Waals surface area contributed by atoms with Crippen molar-refractivity contribution in [2.75, 3.05) is 0 Å². The van der Waals surface area contributed by atoms with E-state index in [0.717, 1.165) is 6.07 Å². The summed E-state index contributed by atoms with van der Waals surface area (Å²) in [6.07, 6.45) is 0. The Kier molecular flexibility index (Phi) is 2.37. The number of fused-ring (bicyclic) bond motifs is 2. The molecule has 0 saturated heterocycles. The fourth-order valence-electron chi connectivity index (χ4n) is 2.00. The Morgan fingerprint density at radius 2 is 1.70 bits per heavy atom. The molecule has 0 amide bonds. The predicted molar refractivity (Wildman–Crippen MR) is 69.0 cm³/mol. The molecule has 0 radical (unpaired) electrons. The molecule has 100 valence electrons. The molecule has 0 spiro atoms. The van der Waals surface area contributed by atoms with Gasteiger partial charge in [0, 0.05) is 6.07 Å². The van der Waals surface area contributed by atoms with Crippen molar-refractivity contribution in [2.45, 2.75) is 0 Å². The molecule has 0 fully saturated rings. The minimum atomic E-state index is -1.45. The van der Waals surface area contributed by atoms with Crippen molar-refractivity contribution in [2.24, 2.45) is 0 Å². The van der Waals surface area contributed by atoms with Gasteiger partial charge in [-0.15, -0.1) is 0 Å². The number of carbonyl (C=O) groups is 1. The van der Waals surface area contributed by atoms with Crippen LogP contribution in [-0.2, 0) is 0 Å². The van der Waals surface area contributed by atoms with Crippen LogP contribution in [0.3, 0.4) is 0 Å². The minimum absolute atomic E-state index is 0.107. The van der Waals surface area contributed by atoms with E-state index in [1.165, 1.54) is 6.07 Å². The molecule has 3 aromatic rings. The van der Waals surface area contributed by atoms with Crippen LogP contribution in [0.5, 0.6) is 17.2 Å². The van der Waals surface area contributed by atoms with Crippen LogP contribution in [0.2, 0.25) is 0 Å². The zero-order valence-electron chi connectivity index (χ0n) is 9.90. The van der Waals surface area contributed by atoms with E-state index in [1.807, 2.05) is 0 Å². The predicted octanol–water partition coefficient (Wildman–Crippen LogP) is 1.60. The number of hydrogen-bond acceptors (Lipinski definition) is 6. The second-order valence-corrected chi connectivity index (χ2v) is 4.16. The summed E-state index contributed by atoms with van der Waals surface area (Å²) in [7, 11) is 0. The number of benzene rings is 2. The lowest BCUT2D eigenvalue weighted by Crippen LogP contribution is -2.01. The molecule has 2 aromatic carbocycles. The normalized spacial score (nSPS) is 11.0. The Morgan fingerprint density at radius 3 is 2.40 bits per heavy atom. The van der Waals surface area contributed by atoms with Gasteiger partial charge in [0.25, 0.3) is 0 Å². The molecule has 0 atom stereocenters. The van der Waals surface area contributed by atoms with E-state index in [0.29, 0.717) is 5.52 Å². The molecule has 3 rings (SSSR count). The van der Waals surface area contributed by atoms with E-state index in [4.69, 9.17) is 5.11 Å². The first kappa shape index (κ1) is 12.0. The fourth-order valence-corrected chi connectivity index (χ4v) is 2.00. The topological polar surface area (TPSA) is 124 Å². The van der Waals surface area contributed by atoms with Crippen molar-refractivity contribution in [3.05, 3.63) is 29.8 Å². The summed E-state index contributed by atoms with van der Waals surface area (Å²) in [5.74, 6) is -2.98. The van der Waals surface area contributed by atoms with Gasteiger partial charge < -0.3 is 20.4 Å². The number of carboxylic acids is 1. The lowest BCUT2D eigenvalue weighted by Gasteiger charge is -2.08. The van der Waals surface area contributed by atoms with Gasteiger partial charge in [-0.1, -0.05) is 6.07 Å². The average molecular weight is 272 g/mol. The highest BCUT2D eigenvalue weighted by atomic mass is 16.4. The van der Waals surface area contributed by atoms with Gasteiger partial charge >= 0.3 is 5.97 Å². The number of rotatable bonds is 1. The Labute approximate surface area is 111 Å². The fraction of sp³-hybridized carbons (Fsp3) is 0. The van der Waals surface area contributed by atoms with Gasteiger partial charge in [0.1, 0.15) is 22.3 Å². The molecular weight excluding hydrogens is 264 g/mol. The van der Waals surface area contributed by atoms with E-state index in [-0.39, 0.29) is 22.3 Å². The zero-order valence-corrected chi connectivity index (χ0v) is 9.90. The SMILES string of the molecule is O=C(O)c1c(O)c(O)cc2nc3cccc(O)c3nc12. The monoisotopic (exact) mass is 272 g/mol. The summed E-state index contributed by atoms with van der Waals surface area (Å²) < 4.78 is 0. The number of carboxylic acid groups (broad SMARTS) is 1. The first-order valence-electron chi connectivity index (χ1n) is 5.56. The van der Waals surface area contributed by atoms with Crippen LogP contribution < -0.4 is 0 Å². The summed E-state index contributed by atoms with van der Waals surface area (Å²) in [5, 5.41) is 38.0. The number of aromatic hydroxyl groups is 3. The second kappa shape index (κ2) is 3.95. The van der Waals surface area contributed by atoms with Crippen molar-refractivity contribution >= 4 is 28.0 Å².